The number of carbonyl (C=O) groups is 1. The summed E-state index contributed by atoms with van der Waals surface area (Å²) in [5.41, 5.74) is 0.967. The van der Waals surface area contributed by atoms with Crippen LogP contribution in [-0.2, 0) is 4.79 Å². The lowest BCUT2D eigenvalue weighted by Gasteiger charge is -2.06. The topological polar surface area (TPSA) is 66.9 Å². The van der Waals surface area contributed by atoms with Crippen molar-refractivity contribution in [3.63, 3.8) is 0 Å². The molecule has 100 valence electrons. The van der Waals surface area contributed by atoms with Gasteiger partial charge < -0.3 is 10.6 Å². The number of hydrogen-bond donors (Lipinski definition) is 2. The minimum Gasteiger partial charge on any atom is -0.369 e. The lowest BCUT2D eigenvalue weighted by molar-refractivity contribution is -0.121. The van der Waals surface area contributed by atoms with E-state index in [0.717, 1.165) is 41.8 Å². The molecule has 1 aliphatic carbocycles. The summed E-state index contributed by atoms with van der Waals surface area (Å²) in [6, 6.07) is 2.43. The Morgan fingerprint density at radius 1 is 1.42 bits per heavy atom. The fraction of sp³-hybridized carbons (Fsp3) is 0.462. The Morgan fingerprint density at radius 3 is 3.16 bits per heavy atom. The summed E-state index contributed by atoms with van der Waals surface area (Å²) >= 11 is 1.63. The number of nitrogens with one attached hydrogen (secondary N) is 2. The third-order valence-electron chi connectivity index (χ3n) is 3.06. The van der Waals surface area contributed by atoms with Gasteiger partial charge in [0.25, 0.3) is 0 Å². The highest BCUT2D eigenvalue weighted by Gasteiger charge is 2.22. The van der Waals surface area contributed by atoms with Gasteiger partial charge in [-0.15, -0.1) is 11.3 Å². The van der Waals surface area contributed by atoms with Crippen LogP contribution >= 0.6 is 11.3 Å². The van der Waals surface area contributed by atoms with Gasteiger partial charge in [-0.1, -0.05) is 0 Å². The monoisotopic (exact) mass is 276 g/mol. The second-order valence-electron chi connectivity index (χ2n) is 4.73. The number of aromatic nitrogens is 2. The standard InChI is InChI=1S/C13H16N4OS/c18-11(17-9-3-4-9)2-1-6-14-13-12-10(5-7-19-12)15-8-16-13/h5,7-9H,1-4,6H2,(H,17,18)(H,14,15,16). The van der Waals surface area contributed by atoms with E-state index in [4.69, 9.17) is 0 Å². The van der Waals surface area contributed by atoms with E-state index in [2.05, 4.69) is 20.6 Å². The maximum Gasteiger partial charge on any atom is 0.220 e. The van der Waals surface area contributed by atoms with Crippen LogP contribution in [0.25, 0.3) is 10.2 Å². The Bertz CT molecular complexity index is 579. The van der Waals surface area contributed by atoms with E-state index in [1.54, 1.807) is 17.7 Å². The predicted octanol–water partition coefficient (Wildman–Crippen LogP) is 2.16. The number of anilines is 1. The van der Waals surface area contributed by atoms with E-state index in [9.17, 15) is 4.79 Å². The Balaban J connectivity index is 1.46. The van der Waals surface area contributed by atoms with E-state index < -0.39 is 0 Å². The summed E-state index contributed by atoms with van der Waals surface area (Å²) in [5, 5.41) is 8.27. The molecule has 1 fully saturated rings. The SMILES string of the molecule is O=C(CCCNc1ncnc2ccsc12)NC1CC1. The fourth-order valence-electron chi connectivity index (χ4n) is 1.90. The zero-order valence-electron chi connectivity index (χ0n) is 10.6. The van der Waals surface area contributed by atoms with E-state index in [-0.39, 0.29) is 5.91 Å². The van der Waals surface area contributed by atoms with Crippen LogP contribution in [0.2, 0.25) is 0 Å². The molecule has 2 aromatic heterocycles. The summed E-state index contributed by atoms with van der Waals surface area (Å²) < 4.78 is 1.07. The van der Waals surface area contributed by atoms with Crippen LogP contribution in [0.5, 0.6) is 0 Å². The van der Waals surface area contributed by atoms with Crippen molar-refractivity contribution in [3.05, 3.63) is 17.8 Å². The van der Waals surface area contributed by atoms with Crippen molar-refractivity contribution in [1.29, 1.82) is 0 Å². The van der Waals surface area contributed by atoms with Crippen molar-refractivity contribution < 1.29 is 4.79 Å². The molecule has 0 spiro atoms. The first-order valence-electron chi connectivity index (χ1n) is 6.54. The molecule has 1 amide bonds. The highest BCUT2D eigenvalue weighted by molar-refractivity contribution is 7.17. The molecular formula is C13H16N4OS. The van der Waals surface area contributed by atoms with Gasteiger partial charge in [0.1, 0.15) is 12.1 Å². The number of rotatable bonds is 6. The zero-order valence-corrected chi connectivity index (χ0v) is 11.4. The number of fused-ring (bicyclic) bond motifs is 1. The zero-order chi connectivity index (χ0) is 13.1. The molecule has 0 unspecified atom stereocenters. The number of nitrogens with zero attached hydrogens (tertiary/aromatic N) is 2. The summed E-state index contributed by atoms with van der Waals surface area (Å²) in [5.74, 6) is 1.02. The highest BCUT2D eigenvalue weighted by Crippen LogP contribution is 2.24. The second kappa shape index (κ2) is 5.52. The van der Waals surface area contributed by atoms with E-state index in [1.165, 1.54) is 0 Å². The lowest BCUT2D eigenvalue weighted by Crippen LogP contribution is -2.25. The molecule has 2 aromatic rings. The van der Waals surface area contributed by atoms with E-state index in [1.807, 2.05) is 11.4 Å². The van der Waals surface area contributed by atoms with Gasteiger partial charge in [0.15, 0.2) is 0 Å². The molecule has 1 saturated carbocycles. The van der Waals surface area contributed by atoms with Crippen molar-refractivity contribution in [2.24, 2.45) is 0 Å². The molecule has 5 nitrogen and oxygen atoms in total. The van der Waals surface area contributed by atoms with E-state index in [0.29, 0.717) is 12.5 Å². The van der Waals surface area contributed by atoms with Crippen LogP contribution in [0, 0.1) is 0 Å². The number of carbonyl (C=O) groups excluding carboxylic acids is 1. The minimum atomic E-state index is 0.160. The maximum atomic E-state index is 11.5. The molecule has 0 aromatic carbocycles. The Hall–Kier alpha value is -1.69. The van der Waals surface area contributed by atoms with Crippen LogP contribution in [0.4, 0.5) is 5.82 Å². The van der Waals surface area contributed by atoms with Crippen LogP contribution in [0.15, 0.2) is 17.8 Å². The van der Waals surface area contributed by atoms with Crippen molar-refractivity contribution in [2.75, 3.05) is 11.9 Å². The molecule has 2 N–H and O–H groups in total. The summed E-state index contributed by atoms with van der Waals surface area (Å²) in [4.78, 5) is 19.9. The molecule has 0 saturated heterocycles. The normalized spacial score (nSPS) is 14.5. The van der Waals surface area contributed by atoms with Crippen molar-refractivity contribution in [3.8, 4) is 0 Å². The number of thiophene rings is 1. The van der Waals surface area contributed by atoms with E-state index >= 15 is 0 Å². The molecule has 0 aliphatic heterocycles. The molecule has 0 atom stereocenters. The molecule has 0 bridgehead atoms. The quantitative estimate of drug-likeness (QED) is 0.793. The van der Waals surface area contributed by atoms with Crippen LogP contribution in [-0.4, -0.2) is 28.5 Å². The third kappa shape index (κ3) is 3.20. The molecule has 2 heterocycles. The van der Waals surface area contributed by atoms with Gasteiger partial charge in [-0.3, -0.25) is 4.79 Å². The van der Waals surface area contributed by atoms with Crippen LogP contribution in [0.1, 0.15) is 25.7 Å². The first-order valence-corrected chi connectivity index (χ1v) is 7.42. The molecular weight excluding hydrogens is 260 g/mol. The molecule has 1 aliphatic rings. The average Bonchev–Trinajstić information content (AvgIpc) is 3.07. The van der Waals surface area contributed by atoms with Crippen LogP contribution < -0.4 is 10.6 Å². The largest absolute Gasteiger partial charge is 0.369 e. The van der Waals surface area contributed by atoms with Gasteiger partial charge in [0.2, 0.25) is 5.91 Å². The van der Waals surface area contributed by atoms with Crippen molar-refractivity contribution >= 4 is 33.3 Å². The Labute approximate surface area is 115 Å². The first-order chi connectivity index (χ1) is 9.33. The van der Waals surface area contributed by atoms with Crippen molar-refractivity contribution in [1.82, 2.24) is 15.3 Å². The summed E-state index contributed by atoms with van der Waals surface area (Å²) in [7, 11) is 0. The average molecular weight is 276 g/mol. The smallest absolute Gasteiger partial charge is 0.220 e. The predicted molar refractivity (Wildman–Crippen MR) is 76.3 cm³/mol. The van der Waals surface area contributed by atoms with Crippen molar-refractivity contribution in [2.45, 2.75) is 31.7 Å². The molecule has 19 heavy (non-hydrogen) atoms. The minimum absolute atomic E-state index is 0.160. The Kier molecular flexibility index (Phi) is 3.59. The maximum absolute atomic E-state index is 11.5. The number of hydrogen-bond acceptors (Lipinski definition) is 5. The summed E-state index contributed by atoms with van der Waals surface area (Å²) in [6.45, 7) is 0.752. The third-order valence-corrected chi connectivity index (χ3v) is 3.97. The number of amides is 1. The van der Waals surface area contributed by atoms with Crippen LogP contribution in [0.3, 0.4) is 0 Å². The van der Waals surface area contributed by atoms with Gasteiger partial charge in [0, 0.05) is 19.0 Å². The lowest BCUT2D eigenvalue weighted by atomic mass is 10.3. The van der Waals surface area contributed by atoms with Gasteiger partial charge in [-0.25, -0.2) is 9.97 Å². The van der Waals surface area contributed by atoms with Gasteiger partial charge >= 0.3 is 0 Å². The molecule has 6 heteroatoms. The Morgan fingerprint density at radius 2 is 2.32 bits per heavy atom. The molecule has 3 rings (SSSR count). The van der Waals surface area contributed by atoms with Gasteiger partial charge in [-0.05, 0) is 30.7 Å². The summed E-state index contributed by atoms with van der Waals surface area (Å²) in [6.07, 6.45) is 5.23. The molecule has 0 radical (unpaired) electrons. The first kappa shape index (κ1) is 12.3. The highest BCUT2D eigenvalue weighted by atomic mass is 32.1. The van der Waals surface area contributed by atoms with Gasteiger partial charge in [0.05, 0.1) is 10.2 Å². The second-order valence-corrected chi connectivity index (χ2v) is 5.65. The fourth-order valence-corrected chi connectivity index (χ4v) is 2.71. The van der Waals surface area contributed by atoms with Gasteiger partial charge in [-0.2, -0.15) is 0 Å².